The van der Waals surface area contributed by atoms with Crippen LogP contribution in [0.2, 0.25) is 0 Å². The number of benzene rings is 2. The zero-order valence-electron chi connectivity index (χ0n) is 12.5. The highest BCUT2D eigenvalue weighted by Crippen LogP contribution is 2.23. The highest BCUT2D eigenvalue weighted by atomic mass is 16.5. The summed E-state index contributed by atoms with van der Waals surface area (Å²) >= 11 is 0. The summed E-state index contributed by atoms with van der Waals surface area (Å²) in [6, 6.07) is 14.5. The number of anilines is 1. The number of esters is 1. The molecule has 0 spiro atoms. The quantitative estimate of drug-likeness (QED) is 0.748. The first kappa shape index (κ1) is 14.1. The molecule has 0 bridgehead atoms. The number of nitrogens with zero attached hydrogens (tertiary/aromatic N) is 3. The van der Waals surface area contributed by atoms with Gasteiger partial charge in [-0.2, -0.15) is 0 Å². The predicted molar refractivity (Wildman–Crippen MR) is 84.9 cm³/mol. The number of aromatic nitrogens is 3. The van der Waals surface area contributed by atoms with Gasteiger partial charge in [-0.25, -0.2) is 9.48 Å². The van der Waals surface area contributed by atoms with Gasteiger partial charge >= 0.3 is 5.97 Å². The number of carbonyl (C=O) groups is 2. The lowest BCUT2D eigenvalue weighted by atomic mass is 10.1. The Hall–Kier alpha value is -3.48. The molecule has 1 aliphatic heterocycles. The first-order chi connectivity index (χ1) is 11.7. The average molecular weight is 320 g/mol. The van der Waals surface area contributed by atoms with E-state index in [4.69, 9.17) is 4.74 Å². The van der Waals surface area contributed by atoms with Crippen LogP contribution in [0, 0.1) is 0 Å². The molecule has 0 unspecified atom stereocenters. The van der Waals surface area contributed by atoms with E-state index in [2.05, 4.69) is 15.6 Å². The van der Waals surface area contributed by atoms with Crippen molar-refractivity contribution in [3.63, 3.8) is 0 Å². The minimum Gasteiger partial charge on any atom is -0.457 e. The van der Waals surface area contributed by atoms with Crippen molar-refractivity contribution in [2.45, 2.75) is 6.61 Å². The molecule has 0 saturated heterocycles. The largest absolute Gasteiger partial charge is 0.457 e. The lowest BCUT2D eigenvalue weighted by Crippen LogP contribution is -2.12. The molecule has 0 aliphatic carbocycles. The molecule has 1 aromatic heterocycles. The van der Waals surface area contributed by atoms with E-state index in [1.165, 1.54) is 4.68 Å². The third-order valence-corrected chi connectivity index (χ3v) is 3.69. The summed E-state index contributed by atoms with van der Waals surface area (Å²) in [5.41, 5.74) is 2.78. The van der Waals surface area contributed by atoms with Crippen LogP contribution in [0.15, 0.2) is 54.7 Å². The molecule has 1 N–H and O–H groups in total. The van der Waals surface area contributed by atoms with Gasteiger partial charge in [-0.1, -0.05) is 29.5 Å². The van der Waals surface area contributed by atoms with Gasteiger partial charge in [0.2, 0.25) is 0 Å². The molecule has 2 heterocycles. The third kappa shape index (κ3) is 2.52. The fourth-order valence-electron chi connectivity index (χ4n) is 2.46. The predicted octanol–water partition coefficient (Wildman–Crippen LogP) is 2.19. The number of fused-ring (bicyclic) bond motifs is 1. The Bertz CT molecular complexity index is 934. The summed E-state index contributed by atoms with van der Waals surface area (Å²) in [5.74, 6) is -0.778. The van der Waals surface area contributed by atoms with Crippen LogP contribution in [-0.4, -0.2) is 26.9 Å². The second-order valence-corrected chi connectivity index (χ2v) is 5.29. The Morgan fingerprint density at radius 1 is 1.17 bits per heavy atom. The Balaban J connectivity index is 1.54. The lowest BCUT2D eigenvalue weighted by molar-refractivity contribution is 0.0535. The zero-order valence-corrected chi connectivity index (χ0v) is 12.5. The first-order valence-corrected chi connectivity index (χ1v) is 7.30. The molecular weight excluding hydrogens is 308 g/mol. The summed E-state index contributed by atoms with van der Waals surface area (Å²) in [6.07, 6.45) is 1.55. The van der Waals surface area contributed by atoms with Crippen molar-refractivity contribution in [1.82, 2.24) is 15.0 Å². The van der Waals surface area contributed by atoms with Gasteiger partial charge < -0.3 is 10.1 Å². The topological polar surface area (TPSA) is 86.1 Å². The highest BCUT2D eigenvalue weighted by molar-refractivity contribution is 6.03. The first-order valence-electron chi connectivity index (χ1n) is 7.30. The number of para-hydroxylation sites is 1. The molecule has 118 valence electrons. The minimum atomic E-state index is -0.400. The van der Waals surface area contributed by atoms with Gasteiger partial charge in [0.05, 0.1) is 17.4 Å². The van der Waals surface area contributed by atoms with Gasteiger partial charge in [-0.15, -0.1) is 5.10 Å². The smallest absolute Gasteiger partial charge is 0.338 e. The van der Waals surface area contributed by atoms with Crippen molar-refractivity contribution in [2.75, 3.05) is 5.32 Å². The fraction of sp³-hybridized carbons (Fsp3) is 0.0588. The maximum Gasteiger partial charge on any atom is 0.338 e. The normalized spacial score (nSPS) is 12.6. The van der Waals surface area contributed by atoms with E-state index < -0.39 is 5.91 Å². The number of hydrogen-bond acceptors (Lipinski definition) is 5. The lowest BCUT2D eigenvalue weighted by Gasteiger charge is -2.04. The standard InChI is InChI=1S/C17H12N4O3/c22-16(15-9-21(20-19-15)13-4-2-1-3-5-13)18-12-7-6-11-10-24-17(23)14(11)8-12/h1-9H,10H2,(H,18,22). The van der Waals surface area contributed by atoms with Crippen molar-refractivity contribution in [3.8, 4) is 5.69 Å². The summed E-state index contributed by atoms with van der Waals surface area (Å²) in [7, 11) is 0. The summed E-state index contributed by atoms with van der Waals surface area (Å²) in [6.45, 7) is 0.272. The minimum absolute atomic E-state index is 0.182. The second-order valence-electron chi connectivity index (χ2n) is 5.29. The van der Waals surface area contributed by atoms with E-state index in [-0.39, 0.29) is 18.3 Å². The summed E-state index contributed by atoms with van der Waals surface area (Å²) < 4.78 is 6.47. The van der Waals surface area contributed by atoms with Crippen molar-refractivity contribution >= 4 is 17.6 Å². The van der Waals surface area contributed by atoms with Gasteiger partial charge in [0, 0.05) is 11.3 Å². The monoisotopic (exact) mass is 320 g/mol. The highest BCUT2D eigenvalue weighted by Gasteiger charge is 2.21. The van der Waals surface area contributed by atoms with Crippen LogP contribution in [-0.2, 0) is 11.3 Å². The van der Waals surface area contributed by atoms with Gasteiger partial charge in [-0.3, -0.25) is 4.79 Å². The number of nitrogens with one attached hydrogen (secondary N) is 1. The molecular formula is C17H12N4O3. The fourth-order valence-corrected chi connectivity index (χ4v) is 2.46. The number of rotatable bonds is 3. The van der Waals surface area contributed by atoms with E-state index in [0.717, 1.165) is 11.3 Å². The van der Waals surface area contributed by atoms with Crippen LogP contribution < -0.4 is 5.32 Å². The molecule has 4 rings (SSSR count). The van der Waals surface area contributed by atoms with Crippen molar-refractivity contribution in [3.05, 3.63) is 71.5 Å². The van der Waals surface area contributed by atoms with Crippen LogP contribution >= 0.6 is 0 Å². The maximum absolute atomic E-state index is 12.3. The van der Waals surface area contributed by atoms with Gasteiger partial charge in [0.25, 0.3) is 5.91 Å². The molecule has 1 aliphatic rings. The molecule has 0 fully saturated rings. The number of amides is 1. The molecule has 0 radical (unpaired) electrons. The van der Waals surface area contributed by atoms with Crippen molar-refractivity contribution in [1.29, 1.82) is 0 Å². The van der Waals surface area contributed by atoms with E-state index >= 15 is 0 Å². The van der Waals surface area contributed by atoms with E-state index in [1.807, 2.05) is 30.3 Å². The van der Waals surface area contributed by atoms with Gasteiger partial charge in [0.1, 0.15) is 6.61 Å². The van der Waals surface area contributed by atoms with Crippen LogP contribution in [0.25, 0.3) is 5.69 Å². The van der Waals surface area contributed by atoms with E-state index in [0.29, 0.717) is 11.3 Å². The van der Waals surface area contributed by atoms with E-state index in [9.17, 15) is 9.59 Å². The number of ether oxygens (including phenoxy) is 1. The second kappa shape index (κ2) is 5.62. The van der Waals surface area contributed by atoms with Crippen LogP contribution in [0.5, 0.6) is 0 Å². The maximum atomic E-state index is 12.3. The molecule has 2 aromatic carbocycles. The molecule has 7 nitrogen and oxygen atoms in total. The molecule has 7 heteroatoms. The van der Waals surface area contributed by atoms with Crippen LogP contribution in [0.3, 0.4) is 0 Å². The summed E-state index contributed by atoms with van der Waals surface area (Å²) in [5, 5.41) is 10.5. The Morgan fingerprint density at radius 2 is 2.00 bits per heavy atom. The van der Waals surface area contributed by atoms with E-state index in [1.54, 1.807) is 24.4 Å². The van der Waals surface area contributed by atoms with Crippen LogP contribution in [0.4, 0.5) is 5.69 Å². The molecule has 1 amide bonds. The number of carbonyl (C=O) groups excluding carboxylic acids is 2. The van der Waals surface area contributed by atoms with Gasteiger partial charge in [-0.05, 0) is 24.3 Å². The molecule has 0 saturated carbocycles. The molecule has 24 heavy (non-hydrogen) atoms. The average Bonchev–Trinajstić information content (AvgIpc) is 3.24. The number of hydrogen-bond donors (Lipinski definition) is 1. The number of cyclic esters (lactones) is 1. The molecule has 0 atom stereocenters. The summed E-state index contributed by atoms with van der Waals surface area (Å²) in [4.78, 5) is 23.9. The zero-order chi connectivity index (χ0) is 16.5. The van der Waals surface area contributed by atoms with Gasteiger partial charge in [0.15, 0.2) is 5.69 Å². The molecule has 3 aromatic rings. The Morgan fingerprint density at radius 3 is 2.83 bits per heavy atom. The Labute approximate surface area is 136 Å². The SMILES string of the molecule is O=C(Nc1ccc2c(c1)C(=O)OC2)c1cn(-c2ccccc2)nn1. The van der Waals surface area contributed by atoms with Crippen molar-refractivity contribution in [2.24, 2.45) is 0 Å². The van der Waals surface area contributed by atoms with Crippen molar-refractivity contribution < 1.29 is 14.3 Å². The Kier molecular flexibility index (Phi) is 3.31. The van der Waals surface area contributed by atoms with Crippen LogP contribution in [0.1, 0.15) is 26.4 Å². The third-order valence-electron chi connectivity index (χ3n) is 3.69.